The van der Waals surface area contributed by atoms with E-state index in [0.717, 1.165) is 24.2 Å². The van der Waals surface area contributed by atoms with Crippen molar-refractivity contribution in [1.29, 1.82) is 0 Å². The molecule has 2 aromatic rings. The molecule has 0 radical (unpaired) electrons. The lowest BCUT2D eigenvalue weighted by molar-refractivity contribution is -0.137. The number of amides is 2. The maximum Gasteiger partial charge on any atom is 0.223 e. The molecule has 2 amide bonds. The molecule has 0 atom stereocenters. The predicted octanol–water partition coefficient (Wildman–Crippen LogP) is 2.72. The first kappa shape index (κ1) is 19.2. The number of nitrogens with zero attached hydrogens (tertiary/aromatic N) is 5. The number of halogens is 2. The fraction of sp³-hybridized carbons (Fsp3) is 0.474. The normalized spacial score (nSPS) is 17.3. The van der Waals surface area contributed by atoms with Crippen molar-refractivity contribution < 1.29 is 9.59 Å². The number of carbonyl (C=O) groups excluding carboxylic acids is 2. The lowest BCUT2D eigenvalue weighted by Crippen LogP contribution is -2.51. The van der Waals surface area contributed by atoms with E-state index in [2.05, 4.69) is 10.3 Å². The van der Waals surface area contributed by atoms with Crippen LogP contribution in [0.15, 0.2) is 24.4 Å². The molecule has 9 heteroatoms. The van der Waals surface area contributed by atoms with Gasteiger partial charge < -0.3 is 9.80 Å². The molecule has 0 bridgehead atoms. The van der Waals surface area contributed by atoms with Gasteiger partial charge in [0, 0.05) is 42.5 Å². The van der Waals surface area contributed by atoms with Crippen LogP contribution >= 0.6 is 23.2 Å². The summed E-state index contributed by atoms with van der Waals surface area (Å²) in [5.41, 5.74) is 1.60. The second-order valence-electron chi connectivity index (χ2n) is 7.26. The average molecular weight is 422 g/mol. The van der Waals surface area contributed by atoms with Gasteiger partial charge in [-0.1, -0.05) is 34.5 Å². The van der Waals surface area contributed by atoms with E-state index < -0.39 is 0 Å². The van der Waals surface area contributed by atoms with Crippen molar-refractivity contribution in [1.82, 2.24) is 24.8 Å². The Morgan fingerprint density at radius 2 is 1.96 bits per heavy atom. The monoisotopic (exact) mass is 421 g/mol. The Balaban J connectivity index is 1.26. The van der Waals surface area contributed by atoms with Crippen molar-refractivity contribution in [2.75, 3.05) is 19.6 Å². The minimum atomic E-state index is 0.0789. The van der Waals surface area contributed by atoms with Gasteiger partial charge in [-0.2, -0.15) is 0 Å². The van der Waals surface area contributed by atoms with Crippen LogP contribution < -0.4 is 0 Å². The standard InChI is InChI=1S/C19H21Cl2N5O2/c20-16-3-1-4-17(21)15(16)6-7-19(28)25-11-14(12-25)26-10-13(22-23-26)9-24-8-2-5-18(24)27/h1,3-4,10,14H,2,5-9,11-12H2. The van der Waals surface area contributed by atoms with E-state index >= 15 is 0 Å². The second kappa shape index (κ2) is 8.09. The summed E-state index contributed by atoms with van der Waals surface area (Å²) in [5.74, 6) is 0.254. The molecule has 0 aliphatic carbocycles. The van der Waals surface area contributed by atoms with Crippen molar-refractivity contribution in [2.24, 2.45) is 0 Å². The van der Waals surface area contributed by atoms with Crippen LogP contribution in [0.3, 0.4) is 0 Å². The highest BCUT2D eigenvalue weighted by Gasteiger charge is 2.33. The highest BCUT2D eigenvalue weighted by Crippen LogP contribution is 2.27. The summed E-state index contributed by atoms with van der Waals surface area (Å²) in [4.78, 5) is 27.8. The van der Waals surface area contributed by atoms with Crippen LogP contribution in [0.5, 0.6) is 0 Å². The number of hydrogen-bond donors (Lipinski definition) is 0. The van der Waals surface area contributed by atoms with Crippen molar-refractivity contribution in [3.63, 3.8) is 0 Å². The van der Waals surface area contributed by atoms with Crippen LogP contribution in [0, 0.1) is 0 Å². The molecule has 0 spiro atoms. The van der Waals surface area contributed by atoms with Gasteiger partial charge in [0.25, 0.3) is 0 Å². The quantitative estimate of drug-likeness (QED) is 0.718. The van der Waals surface area contributed by atoms with Gasteiger partial charge in [0.05, 0.1) is 18.8 Å². The first-order chi connectivity index (χ1) is 13.5. The van der Waals surface area contributed by atoms with E-state index in [4.69, 9.17) is 23.2 Å². The van der Waals surface area contributed by atoms with Crippen LogP contribution in [0.4, 0.5) is 0 Å². The third-order valence-corrected chi connectivity index (χ3v) is 6.03. The third kappa shape index (κ3) is 4.00. The van der Waals surface area contributed by atoms with Crippen molar-refractivity contribution >= 4 is 35.0 Å². The molecule has 1 aromatic carbocycles. The van der Waals surface area contributed by atoms with Crippen molar-refractivity contribution in [3.8, 4) is 0 Å². The summed E-state index contributed by atoms with van der Waals surface area (Å²) in [6, 6.07) is 5.49. The fourth-order valence-electron chi connectivity index (χ4n) is 3.62. The molecule has 4 rings (SSSR count). The Hall–Kier alpha value is -2.12. The Morgan fingerprint density at radius 1 is 1.21 bits per heavy atom. The number of rotatable bonds is 6. The van der Waals surface area contributed by atoms with Crippen LogP contribution in [0.25, 0.3) is 0 Å². The SMILES string of the molecule is O=C1CCCN1Cc1cn(C2CN(C(=O)CCc3c(Cl)cccc3Cl)C2)nn1. The zero-order chi connectivity index (χ0) is 19.7. The number of hydrogen-bond acceptors (Lipinski definition) is 4. The molecular weight excluding hydrogens is 401 g/mol. The second-order valence-corrected chi connectivity index (χ2v) is 8.08. The zero-order valence-electron chi connectivity index (χ0n) is 15.4. The Kier molecular flexibility index (Phi) is 5.55. The fourth-order valence-corrected chi connectivity index (χ4v) is 4.20. The van der Waals surface area contributed by atoms with E-state index in [1.54, 1.807) is 27.8 Å². The smallest absolute Gasteiger partial charge is 0.223 e. The molecular formula is C19H21Cl2N5O2. The van der Waals surface area contributed by atoms with Crippen LogP contribution in [0.1, 0.15) is 36.6 Å². The Labute approximate surface area is 173 Å². The largest absolute Gasteiger partial charge is 0.338 e. The van der Waals surface area contributed by atoms with Gasteiger partial charge in [-0.25, -0.2) is 4.68 Å². The van der Waals surface area contributed by atoms with Crippen LogP contribution in [-0.2, 0) is 22.6 Å². The topological polar surface area (TPSA) is 71.3 Å². The number of likely N-dealkylation sites (tertiary alicyclic amines) is 2. The highest BCUT2D eigenvalue weighted by molar-refractivity contribution is 6.36. The molecule has 2 aliphatic rings. The van der Waals surface area contributed by atoms with Gasteiger partial charge in [-0.05, 0) is 30.5 Å². The maximum atomic E-state index is 12.4. The summed E-state index contributed by atoms with van der Waals surface area (Å²) in [6.07, 6.45) is 4.30. The molecule has 0 saturated carbocycles. The molecule has 0 unspecified atom stereocenters. The molecule has 2 saturated heterocycles. The first-order valence-corrected chi connectivity index (χ1v) is 10.2. The van der Waals surface area contributed by atoms with Crippen LogP contribution in [0.2, 0.25) is 10.0 Å². The zero-order valence-corrected chi connectivity index (χ0v) is 16.9. The molecule has 148 valence electrons. The molecule has 1 aromatic heterocycles. The van der Waals surface area contributed by atoms with Gasteiger partial charge in [0.15, 0.2) is 0 Å². The van der Waals surface area contributed by atoms with E-state index in [-0.39, 0.29) is 17.9 Å². The minimum Gasteiger partial charge on any atom is -0.338 e. The van der Waals surface area contributed by atoms with Crippen LogP contribution in [-0.4, -0.2) is 56.2 Å². The number of carbonyl (C=O) groups is 2. The molecule has 2 aliphatic heterocycles. The van der Waals surface area contributed by atoms with Gasteiger partial charge in [0.1, 0.15) is 5.69 Å². The lowest BCUT2D eigenvalue weighted by Gasteiger charge is -2.39. The Morgan fingerprint density at radius 3 is 2.64 bits per heavy atom. The van der Waals surface area contributed by atoms with Gasteiger partial charge >= 0.3 is 0 Å². The van der Waals surface area contributed by atoms with E-state index in [0.29, 0.717) is 48.9 Å². The maximum absolute atomic E-state index is 12.4. The Bertz CT molecular complexity index is 874. The average Bonchev–Trinajstić information content (AvgIpc) is 3.23. The van der Waals surface area contributed by atoms with Gasteiger partial charge in [0.2, 0.25) is 11.8 Å². The molecule has 0 N–H and O–H groups in total. The van der Waals surface area contributed by atoms with Gasteiger partial charge in [-0.15, -0.1) is 5.10 Å². The molecule has 2 fully saturated rings. The van der Waals surface area contributed by atoms with Crippen molar-refractivity contribution in [2.45, 2.75) is 38.3 Å². The van der Waals surface area contributed by atoms with Crippen molar-refractivity contribution in [3.05, 3.63) is 45.7 Å². The lowest BCUT2D eigenvalue weighted by atomic mass is 10.1. The third-order valence-electron chi connectivity index (χ3n) is 5.32. The van der Waals surface area contributed by atoms with E-state index in [1.807, 2.05) is 11.1 Å². The summed E-state index contributed by atoms with van der Waals surface area (Å²) in [7, 11) is 0. The van der Waals surface area contributed by atoms with Gasteiger partial charge in [-0.3, -0.25) is 9.59 Å². The number of benzene rings is 1. The highest BCUT2D eigenvalue weighted by atomic mass is 35.5. The van der Waals surface area contributed by atoms with E-state index in [9.17, 15) is 9.59 Å². The van der Waals surface area contributed by atoms with E-state index in [1.165, 1.54) is 0 Å². The predicted molar refractivity (Wildman–Crippen MR) is 105 cm³/mol. The first-order valence-electron chi connectivity index (χ1n) is 9.40. The summed E-state index contributed by atoms with van der Waals surface area (Å²) in [6.45, 7) is 2.51. The molecule has 7 nitrogen and oxygen atoms in total. The molecule has 28 heavy (non-hydrogen) atoms. The summed E-state index contributed by atoms with van der Waals surface area (Å²) in [5, 5.41) is 9.52. The molecule has 3 heterocycles. The summed E-state index contributed by atoms with van der Waals surface area (Å²) >= 11 is 12.3. The summed E-state index contributed by atoms with van der Waals surface area (Å²) < 4.78 is 1.80. The number of aromatic nitrogens is 3. The minimum absolute atomic E-state index is 0.0789.